The number of halogens is 1. The number of methoxy groups -OCH3 is 1. The standard InChI is InChI=1S/C22H25ClN2O3S/c1-27-18-6-4-17(5-7-18)25-15-19(28-22(25)26)14-24-12-10-21(11-13-24)29-20-8-2-16(23)3-9-20/h2-9,19,21H,10-15H2,1H3. The molecule has 2 fully saturated rings. The number of ether oxygens (including phenoxy) is 2. The summed E-state index contributed by atoms with van der Waals surface area (Å²) in [6, 6.07) is 15.6. The van der Waals surface area contributed by atoms with Gasteiger partial charge in [-0.05, 0) is 74.5 Å². The van der Waals surface area contributed by atoms with Gasteiger partial charge >= 0.3 is 6.09 Å². The van der Waals surface area contributed by atoms with E-state index in [1.54, 1.807) is 12.0 Å². The lowest BCUT2D eigenvalue weighted by Crippen LogP contribution is -2.40. The van der Waals surface area contributed by atoms with Crippen LogP contribution in [0.25, 0.3) is 0 Å². The molecule has 1 amide bonds. The van der Waals surface area contributed by atoms with E-state index in [1.807, 2.05) is 48.2 Å². The van der Waals surface area contributed by atoms with Crippen molar-refractivity contribution in [1.82, 2.24) is 4.90 Å². The Kier molecular flexibility index (Phi) is 6.53. The number of cyclic esters (lactones) is 1. The first-order valence-electron chi connectivity index (χ1n) is 9.87. The van der Waals surface area contributed by atoms with Crippen molar-refractivity contribution in [3.05, 3.63) is 53.6 Å². The van der Waals surface area contributed by atoms with Crippen molar-refractivity contribution in [2.75, 3.05) is 38.2 Å². The lowest BCUT2D eigenvalue weighted by molar-refractivity contribution is 0.101. The summed E-state index contributed by atoms with van der Waals surface area (Å²) < 4.78 is 10.8. The second-order valence-corrected chi connectivity index (χ2v) is 9.20. The van der Waals surface area contributed by atoms with Crippen molar-refractivity contribution in [2.45, 2.75) is 29.1 Å². The predicted molar refractivity (Wildman–Crippen MR) is 117 cm³/mol. The molecule has 2 saturated heterocycles. The number of anilines is 1. The average Bonchev–Trinajstić information content (AvgIpc) is 3.11. The summed E-state index contributed by atoms with van der Waals surface area (Å²) in [6.45, 7) is 3.44. The third-order valence-electron chi connectivity index (χ3n) is 5.37. The van der Waals surface area contributed by atoms with E-state index in [0.29, 0.717) is 11.8 Å². The normalized spacial score (nSPS) is 20.7. The van der Waals surface area contributed by atoms with Crippen LogP contribution in [0.5, 0.6) is 5.75 Å². The molecular formula is C22H25ClN2O3S. The number of nitrogens with zero attached hydrogens (tertiary/aromatic N) is 2. The van der Waals surface area contributed by atoms with Gasteiger partial charge in [0.1, 0.15) is 11.9 Å². The third kappa shape index (κ3) is 5.18. The molecule has 154 valence electrons. The summed E-state index contributed by atoms with van der Waals surface area (Å²) >= 11 is 7.90. The Hall–Kier alpha value is -1.89. The molecule has 0 bridgehead atoms. The molecule has 0 radical (unpaired) electrons. The van der Waals surface area contributed by atoms with Crippen molar-refractivity contribution < 1.29 is 14.3 Å². The van der Waals surface area contributed by atoms with Gasteiger partial charge in [0.25, 0.3) is 0 Å². The Morgan fingerprint density at radius 2 is 1.79 bits per heavy atom. The highest BCUT2D eigenvalue weighted by Crippen LogP contribution is 2.31. The molecule has 5 nitrogen and oxygen atoms in total. The van der Waals surface area contributed by atoms with Crippen LogP contribution in [0.1, 0.15) is 12.8 Å². The molecule has 1 atom stereocenters. The zero-order chi connectivity index (χ0) is 20.2. The van der Waals surface area contributed by atoms with Gasteiger partial charge in [-0.2, -0.15) is 0 Å². The van der Waals surface area contributed by atoms with Gasteiger partial charge < -0.3 is 9.47 Å². The van der Waals surface area contributed by atoms with Crippen LogP contribution >= 0.6 is 23.4 Å². The molecule has 2 aromatic carbocycles. The van der Waals surface area contributed by atoms with Gasteiger partial charge in [0.05, 0.1) is 13.7 Å². The number of piperidine rings is 1. The number of rotatable bonds is 6. The summed E-state index contributed by atoms with van der Waals surface area (Å²) in [5.74, 6) is 0.775. The van der Waals surface area contributed by atoms with Crippen LogP contribution < -0.4 is 9.64 Å². The smallest absolute Gasteiger partial charge is 0.414 e. The van der Waals surface area contributed by atoms with Crippen LogP contribution in [0.15, 0.2) is 53.4 Å². The number of carbonyl (C=O) groups is 1. The first-order valence-corrected chi connectivity index (χ1v) is 11.1. The van der Waals surface area contributed by atoms with Crippen LogP contribution in [0.3, 0.4) is 0 Å². The number of thioether (sulfide) groups is 1. The van der Waals surface area contributed by atoms with Gasteiger partial charge in [0.2, 0.25) is 0 Å². The molecule has 4 rings (SSSR count). The van der Waals surface area contributed by atoms with Crippen molar-refractivity contribution in [3.63, 3.8) is 0 Å². The SMILES string of the molecule is COc1ccc(N2CC(CN3CCC(Sc4ccc(Cl)cc4)CC3)OC2=O)cc1. The number of benzene rings is 2. The topological polar surface area (TPSA) is 42.0 Å². The van der Waals surface area contributed by atoms with E-state index in [0.717, 1.165) is 48.9 Å². The van der Waals surface area contributed by atoms with Gasteiger partial charge in [0.15, 0.2) is 0 Å². The second kappa shape index (κ2) is 9.28. The fourth-order valence-corrected chi connectivity index (χ4v) is 5.04. The summed E-state index contributed by atoms with van der Waals surface area (Å²) in [6.07, 6.45) is 1.91. The van der Waals surface area contributed by atoms with E-state index in [4.69, 9.17) is 21.1 Å². The van der Waals surface area contributed by atoms with E-state index in [2.05, 4.69) is 17.0 Å². The number of hydrogen-bond donors (Lipinski definition) is 0. The van der Waals surface area contributed by atoms with Gasteiger partial charge in [-0.3, -0.25) is 9.80 Å². The molecule has 7 heteroatoms. The van der Waals surface area contributed by atoms with Crippen molar-refractivity contribution in [2.24, 2.45) is 0 Å². The predicted octanol–water partition coefficient (Wildman–Crippen LogP) is 4.93. The quantitative estimate of drug-likeness (QED) is 0.647. The van der Waals surface area contributed by atoms with E-state index in [-0.39, 0.29) is 12.2 Å². The minimum Gasteiger partial charge on any atom is -0.497 e. The van der Waals surface area contributed by atoms with Gasteiger partial charge in [-0.25, -0.2) is 4.79 Å². The van der Waals surface area contributed by atoms with Crippen LogP contribution in [0, 0.1) is 0 Å². The molecule has 29 heavy (non-hydrogen) atoms. The van der Waals surface area contributed by atoms with Crippen LogP contribution in [0.2, 0.25) is 5.02 Å². The molecule has 0 N–H and O–H groups in total. The minimum absolute atomic E-state index is 0.0925. The summed E-state index contributed by atoms with van der Waals surface area (Å²) in [5.41, 5.74) is 0.844. The Bertz CT molecular complexity index is 823. The molecule has 1 unspecified atom stereocenters. The summed E-state index contributed by atoms with van der Waals surface area (Å²) in [5, 5.41) is 1.40. The highest BCUT2D eigenvalue weighted by molar-refractivity contribution is 8.00. The highest BCUT2D eigenvalue weighted by atomic mass is 35.5. The van der Waals surface area contributed by atoms with Gasteiger partial charge in [0, 0.05) is 27.4 Å². The summed E-state index contributed by atoms with van der Waals surface area (Å²) in [4.78, 5) is 17.7. The molecule has 0 aliphatic carbocycles. The minimum atomic E-state index is -0.270. The Morgan fingerprint density at radius 1 is 1.10 bits per heavy atom. The monoisotopic (exact) mass is 432 g/mol. The van der Waals surface area contributed by atoms with Crippen LogP contribution in [-0.2, 0) is 4.74 Å². The molecule has 2 aliphatic heterocycles. The largest absolute Gasteiger partial charge is 0.497 e. The van der Waals surface area contributed by atoms with Gasteiger partial charge in [-0.15, -0.1) is 11.8 Å². The molecule has 0 aromatic heterocycles. The molecule has 2 heterocycles. The van der Waals surface area contributed by atoms with Crippen molar-refractivity contribution >= 4 is 35.1 Å². The Balaban J connectivity index is 1.25. The summed E-state index contributed by atoms with van der Waals surface area (Å²) in [7, 11) is 1.63. The van der Waals surface area contributed by atoms with Crippen LogP contribution in [0.4, 0.5) is 10.5 Å². The maximum atomic E-state index is 12.3. The third-order valence-corrected chi connectivity index (χ3v) is 6.97. The first kappa shape index (κ1) is 20.4. The Labute approximate surface area is 180 Å². The maximum absolute atomic E-state index is 12.3. The molecular weight excluding hydrogens is 408 g/mol. The maximum Gasteiger partial charge on any atom is 0.414 e. The van der Waals surface area contributed by atoms with Crippen molar-refractivity contribution in [3.8, 4) is 5.75 Å². The second-order valence-electron chi connectivity index (χ2n) is 7.39. The molecule has 0 spiro atoms. The Morgan fingerprint density at radius 3 is 2.45 bits per heavy atom. The lowest BCUT2D eigenvalue weighted by atomic mass is 10.1. The fourth-order valence-electron chi connectivity index (χ4n) is 3.79. The average molecular weight is 433 g/mol. The fraction of sp³-hybridized carbons (Fsp3) is 0.409. The van der Waals surface area contributed by atoms with Crippen molar-refractivity contribution in [1.29, 1.82) is 0 Å². The van der Waals surface area contributed by atoms with E-state index in [1.165, 1.54) is 4.90 Å². The van der Waals surface area contributed by atoms with E-state index in [9.17, 15) is 4.79 Å². The number of likely N-dealkylation sites (tertiary alicyclic amines) is 1. The van der Waals surface area contributed by atoms with E-state index < -0.39 is 0 Å². The van der Waals surface area contributed by atoms with Crippen LogP contribution in [-0.4, -0.2) is 55.6 Å². The van der Waals surface area contributed by atoms with Gasteiger partial charge in [-0.1, -0.05) is 11.6 Å². The molecule has 2 aliphatic rings. The number of carbonyl (C=O) groups excluding carboxylic acids is 1. The first-order chi connectivity index (χ1) is 14.1. The molecule has 2 aromatic rings. The number of hydrogen-bond acceptors (Lipinski definition) is 5. The zero-order valence-corrected chi connectivity index (χ0v) is 18.0. The lowest BCUT2D eigenvalue weighted by Gasteiger charge is -2.32. The molecule has 0 saturated carbocycles. The highest BCUT2D eigenvalue weighted by Gasteiger charge is 2.34. The van der Waals surface area contributed by atoms with E-state index >= 15 is 0 Å². The zero-order valence-electron chi connectivity index (χ0n) is 16.4. The number of amides is 1.